The van der Waals surface area contributed by atoms with Crippen LogP contribution in [0.15, 0.2) is 66.7 Å². The molecule has 3 amide bonds. The fourth-order valence-corrected chi connectivity index (χ4v) is 3.95. The molecule has 142 valence electrons. The lowest BCUT2D eigenvalue weighted by Crippen LogP contribution is -2.48. The molecule has 1 saturated heterocycles. The predicted octanol–water partition coefficient (Wildman–Crippen LogP) is 4.34. The number of benzene rings is 3. The van der Waals surface area contributed by atoms with E-state index in [2.05, 4.69) is 35.1 Å². The number of aryl methyl sites for hydroxylation is 1. The van der Waals surface area contributed by atoms with E-state index in [1.54, 1.807) is 17.0 Å². The number of rotatable bonds is 2. The lowest BCUT2D eigenvalue weighted by atomic mass is 9.97. The molecule has 1 heterocycles. The van der Waals surface area contributed by atoms with Crippen molar-refractivity contribution < 1.29 is 9.59 Å². The maximum Gasteiger partial charge on any atom is 0.336 e. The van der Waals surface area contributed by atoms with Gasteiger partial charge in [-0.3, -0.25) is 10.2 Å². The standard InChI is InChI=1S/C23H23N3O2/c1-16-8-2-4-11-18(16)22(27)24-25-23(28)26-15-7-14-21(26)20-13-6-10-17-9-3-5-12-19(17)20/h2-6,8-13,21H,7,14-15H2,1H3,(H,24,27)(H,25,28)/t21-/m1/s1. The molecule has 0 unspecified atom stereocenters. The first kappa shape index (κ1) is 18.0. The van der Waals surface area contributed by atoms with E-state index in [4.69, 9.17) is 0 Å². The van der Waals surface area contributed by atoms with Crippen molar-refractivity contribution in [1.82, 2.24) is 15.8 Å². The number of nitrogens with zero attached hydrogens (tertiary/aromatic N) is 1. The van der Waals surface area contributed by atoms with Crippen LogP contribution in [0.5, 0.6) is 0 Å². The molecule has 1 aliphatic rings. The molecule has 5 heteroatoms. The van der Waals surface area contributed by atoms with Gasteiger partial charge in [-0.05, 0) is 47.7 Å². The third kappa shape index (κ3) is 3.43. The van der Waals surface area contributed by atoms with Gasteiger partial charge in [-0.2, -0.15) is 0 Å². The molecule has 1 aliphatic heterocycles. The summed E-state index contributed by atoms with van der Waals surface area (Å²) in [6.07, 6.45) is 1.85. The highest BCUT2D eigenvalue weighted by molar-refractivity contribution is 5.96. The van der Waals surface area contributed by atoms with Gasteiger partial charge in [-0.1, -0.05) is 60.7 Å². The first-order valence-corrected chi connectivity index (χ1v) is 9.55. The summed E-state index contributed by atoms with van der Waals surface area (Å²) in [4.78, 5) is 27.0. The molecule has 0 saturated carbocycles. The maximum atomic E-state index is 12.8. The van der Waals surface area contributed by atoms with Crippen LogP contribution >= 0.6 is 0 Å². The Bertz CT molecular complexity index is 1030. The Kier molecular flexibility index (Phi) is 4.98. The van der Waals surface area contributed by atoms with Crippen molar-refractivity contribution in [3.8, 4) is 0 Å². The molecule has 28 heavy (non-hydrogen) atoms. The van der Waals surface area contributed by atoms with Crippen molar-refractivity contribution in [2.45, 2.75) is 25.8 Å². The van der Waals surface area contributed by atoms with E-state index in [-0.39, 0.29) is 18.0 Å². The van der Waals surface area contributed by atoms with Gasteiger partial charge in [-0.15, -0.1) is 0 Å². The van der Waals surface area contributed by atoms with Crippen molar-refractivity contribution in [3.63, 3.8) is 0 Å². The van der Waals surface area contributed by atoms with Gasteiger partial charge in [0, 0.05) is 12.1 Å². The van der Waals surface area contributed by atoms with Gasteiger partial charge in [0.2, 0.25) is 0 Å². The second-order valence-corrected chi connectivity index (χ2v) is 7.12. The number of fused-ring (bicyclic) bond motifs is 1. The van der Waals surface area contributed by atoms with Crippen LogP contribution in [0, 0.1) is 6.92 Å². The van der Waals surface area contributed by atoms with Crippen molar-refractivity contribution in [1.29, 1.82) is 0 Å². The smallest absolute Gasteiger partial charge is 0.316 e. The van der Waals surface area contributed by atoms with Crippen LogP contribution in [0.4, 0.5) is 4.79 Å². The van der Waals surface area contributed by atoms with Crippen molar-refractivity contribution in [3.05, 3.63) is 83.4 Å². The number of carbonyl (C=O) groups excluding carboxylic acids is 2. The van der Waals surface area contributed by atoms with Crippen molar-refractivity contribution in [2.24, 2.45) is 0 Å². The summed E-state index contributed by atoms with van der Waals surface area (Å²) in [5.41, 5.74) is 7.70. The van der Waals surface area contributed by atoms with Gasteiger partial charge in [-0.25, -0.2) is 10.2 Å². The molecule has 4 rings (SSSR count). The molecular weight excluding hydrogens is 350 g/mol. The quantitative estimate of drug-likeness (QED) is 0.657. The van der Waals surface area contributed by atoms with Gasteiger partial charge in [0.15, 0.2) is 0 Å². The summed E-state index contributed by atoms with van der Waals surface area (Å²) in [5, 5.41) is 2.33. The topological polar surface area (TPSA) is 61.4 Å². The van der Waals surface area contributed by atoms with Crippen molar-refractivity contribution in [2.75, 3.05) is 6.54 Å². The molecule has 3 aromatic carbocycles. The third-order valence-corrected chi connectivity index (χ3v) is 5.37. The summed E-state index contributed by atoms with van der Waals surface area (Å²) in [5.74, 6) is -0.313. The van der Waals surface area contributed by atoms with E-state index >= 15 is 0 Å². The molecular formula is C23H23N3O2. The Hall–Kier alpha value is -3.34. The molecule has 1 fully saturated rings. The van der Waals surface area contributed by atoms with Crippen LogP contribution in [0.2, 0.25) is 0 Å². The number of hydrogen-bond donors (Lipinski definition) is 2. The highest BCUT2D eigenvalue weighted by atomic mass is 16.2. The average molecular weight is 373 g/mol. The number of nitrogens with one attached hydrogen (secondary N) is 2. The monoisotopic (exact) mass is 373 g/mol. The number of carbonyl (C=O) groups is 2. The zero-order valence-corrected chi connectivity index (χ0v) is 15.8. The van der Waals surface area contributed by atoms with Crippen LogP contribution in [-0.2, 0) is 0 Å². The second kappa shape index (κ2) is 7.72. The summed E-state index contributed by atoms with van der Waals surface area (Å²) in [7, 11) is 0. The van der Waals surface area contributed by atoms with Crippen LogP contribution in [0.25, 0.3) is 10.8 Å². The molecule has 0 spiro atoms. The minimum Gasteiger partial charge on any atom is -0.316 e. The Balaban J connectivity index is 1.50. The zero-order chi connectivity index (χ0) is 19.5. The largest absolute Gasteiger partial charge is 0.336 e. The van der Waals surface area contributed by atoms with E-state index in [0.717, 1.165) is 24.0 Å². The Morgan fingerprint density at radius 2 is 1.68 bits per heavy atom. The number of amides is 3. The summed E-state index contributed by atoms with van der Waals surface area (Å²) >= 11 is 0. The summed E-state index contributed by atoms with van der Waals surface area (Å²) in [6.45, 7) is 2.54. The van der Waals surface area contributed by atoms with E-state index in [1.807, 2.05) is 37.3 Å². The fourth-order valence-electron chi connectivity index (χ4n) is 3.95. The molecule has 3 aromatic rings. The fraction of sp³-hybridized carbons (Fsp3) is 0.217. The maximum absolute atomic E-state index is 12.8. The molecule has 0 bridgehead atoms. The zero-order valence-electron chi connectivity index (χ0n) is 15.8. The minimum absolute atomic E-state index is 0.00136. The van der Waals surface area contributed by atoms with E-state index in [0.29, 0.717) is 12.1 Å². The van der Waals surface area contributed by atoms with E-state index in [1.165, 1.54) is 10.8 Å². The van der Waals surface area contributed by atoms with Crippen LogP contribution in [0.3, 0.4) is 0 Å². The SMILES string of the molecule is Cc1ccccc1C(=O)NNC(=O)N1CCC[C@@H]1c1cccc2ccccc12. The average Bonchev–Trinajstić information content (AvgIpc) is 3.21. The number of hydrogen-bond acceptors (Lipinski definition) is 2. The number of urea groups is 1. The minimum atomic E-state index is -0.313. The second-order valence-electron chi connectivity index (χ2n) is 7.12. The Labute approximate surface area is 164 Å². The number of likely N-dealkylation sites (tertiary alicyclic amines) is 1. The molecule has 0 radical (unpaired) electrons. The first-order valence-electron chi connectivity index (χ1n) is 9.55. The molecule has 2 N–H and O–H groups in total. The summed E-state index contributed by atoms with van der Waals surface area (Å²) < 4.78 is 0. The molecule has 5 nitrogen and oxygen atoms in total. The molecule has 0 aromatic heterocycles. The molecule has 1 atom stereocenters. The van der Waals surface area contributed by atoms with Crippen LogP contribution in [0.1, 0.15) is 40.4 Å². The van der Waals surface area contributed by atoms with Crippen LogP contribution in [-0.4, -0.2) is 23.4 Å². The third-order valence-electron chi connectivity index (χ3n) is 5.37. The number of hydrazine groups is 1. The van der Waals surface area contributed by atoms with Crippen molar-refractivity contribution >= 4 is 22.7 Å². The Morgan fingerprint density at radius 3 is 2.54 bits per heavy atom. The lowest BCUT2D eigenvalue weighted by Gasteiger charge is -2.26. The lowest BCUT2D eigenvalue weighted by molar-refractivity contribution is 0.0928. The highest BCUT2D eigenvalue weighted by Crippen LogP contribution is 2.35. The first-order chi connectivity index (χ1) is 13.6. The van der Waals surface area contributed by atoms with Gasteiger partial charge in [0.05, 0.1) is 6.04 Å². The van der Waals surface area contributed by atoms with E-state index < -0.39 is 0 Å². The summed E-state index contributed by atoms with van der Waals surface area (Å²) in [6, 6.07) is 21.4. The highest BCUT2D eigenvalue weighted by Gasteiger charge is 2.31. The van der Waals surface area contributed by atoms with Gasteiger partial charge >= 0.3 is 6.03 Å². The molecule has 0 aliphatic carbocycles. The predicted molar refractivity (Wildman–Crippen MR) is 110 cm³/mol. The van der Waals surface area contributed by atoms with Gasteiger partial charge in [0.25, 0.3) is 5.91 Å². The van der Waals surface area contributed by atoms with Gasteiger partial charge < -0.3 is 4.90 Å². The van der Waals surface area contributed by atoms with Gasteiger partial charge in [0.1, 0.15) is 0 Å². The van der Waals surface area contributed by atoms with E-state index in [9.17, 15) is 9.59 Å². The normalized spacial score (nSPS) is 16.2. The van der Waals surface area contributed by atoms with Crippen LogP contribution < -0.4 is 10.9 Å². The Morgan fingerprint density at radius 1 is 0.929 bits per heavy atom.